The Hall–Kier alpha value is -1.50. The van der Waals surface area contributed by atoms with Crippen molar-refractivity contribution in [3.05, 3.63) is 24.2 Å². The average Bonchev–Trinajstić information content (AvgIpc) is 2.88. The van der Waals surface area contributed by atoms with Crippen molar-refractivity contribution in [2.45, 2.75) is 31.8 Å². The maximum Gasteiger partial charge on any atom is 0.315 e. The van der Waals surface area contributed by atoms with E-state index in [-0.39, 0.29) is 29.6 Å². The first kappa shape index (κ1) is 13.9. The number of carbonyl (C=O) groups is 1. The predicted molar refractivity (Wildman–Crippen MR) is 70.6 cm³/mol. The molecule has 0 spiro atoms. The highest BCUT2D eigenvalue weighted by Gasteiger charge is 2.29. The fraction of sp³-hybridized carbons (Fsp3) is 0.583. The van der Waals surface area contributed by atoms with Crippen LogP contribution in [0.25, 0.3) is 0 Å². The van der Waals surface area contributed by atoms with Crippen molar-refractivity contribution >= 4 is 15.9 Å². The van der Waals surface area contributed by atoms with E-state index in [1.165, 1.54) is 0 Å². The molecule has 0 bridgehead atoms. The molecule has 2 heterocycles. The second-order valence-electron chi connectivity index (χ2n) is 4.90. The summed E-state index contributed by atoms with van der Waals surface area (Å²) < 4.78 is 27.7. The van der Waals surface area contributed by atoms with Gasteiger partial charge in [-0.2, -0.15) is 0 Å². The zero-order chi connectivity index (χ0) is 13.9. The largest absolute Gasteiger partial charge is 0.469 e. The van der Waals surface area contributed by atoms with E-state index in [2.05, 4.69) is 10.6 Å². The quantitative estimate of drug-likeness (QED) is 0.852. The summed E-state index contributed by atoms with van der Waals surface area (Å²) in [5.74, 6) is 0.989. The fourth-order valence-corrected chi connectivity index (χ4v) is 3.81. The van der Waals surface area contributed by atoms with Crippen molar-refractivity contribution in [3.63, 3.8) is 0 Å². The van der Waals surface area contributed by atoms with Crippen molar-refractivity contribution in [2.24, 2.45) is 0 Å². The standard InChI is InChI=1S/C12H18N2O4S/c1-9(7-11-3-2-5-18-11)13-12(15)14-10-4-6-19(16,17)8-10/h2-3,5,9-10H,4,6-8H2,1H3,(H2,13,14,15)/t9-,10-/m1/s1. The van der Waals surface area contributed by atoms with Crippen LogP contribution < -0.4 is 10.6 Å². The zero-order valence-corrected chi connectivity index (χ0v) is 11.6. The smallest absolute Gasteiger partial charge is 0.315 e. The molecule has 7 heteroatoms. The Morgan fingerprint density at radius 3 is 2.95 bits per heavy atom. The molecule has 1 fully saturated rings. The van der Waals surface area contributed by atoms with Crippen LogP contribution in [0.3, 0.4) is 0 Å². The van der Waals surface area contributed by atoms with Crippen LogP contribution in [-0.4, -0.2) is 38.0 Å². The van der Waals surface area contributed by atoms with E-state index in [0.29, 0.717) is 12.8 Å². The molecule has 1 saturated heterocycles. The van der Waals surface area contributed by atoms with E-state index >= 15 is 0 Å². The summed E-state index contributed by atoms with van der Waals surface area (Å²) in [6, 6.07) is 2.96. The van der Waals surface area contributed by atoms with Gasteiger partial charge in [0.2, 0.25) is 0 Å². The molecule has 106 valence electrons. The molecule has 0 saturated carbocycles. The van der Waals surface area contributed by atoms with Crippen LogP contribution in [0.5, 0.6) is 0 Å². The number of sulfone groups is 1. The van der Waals surface area contributed by atoms with Crippen LogP contribution in [-0.2, 0) is 16.3 Å². The van der Waals surface area contributed by atoms with Crippen molar-refractivity contribution in [1.29, 1.82) is 0 Å². The maximum atomic E-state index is 11.7. The molecular weight excluding hydrogens is 268 g/mol. The number of hydrogen-bond acceptors (Lipinski definition) is 4. The Balaban J connectivity index is 1.75. The number of rotatable bonds is 4. The number of urea groups is 1. The van der Waals surface area contributed by atoms with Crippen molar-refractivity contribution in [3.8, 4) is 0 Å². The van der Waals surface area contributed by atoms with E-state index in [0.717, 1.165) is 5.76 Å². The molecule has 0 unspecified atom stereocenters. The van der Waals surface area contributed by atoms with E-state index < -0.39 is 9.84 Å². The molecule has 2 atom stereocenters. The van der Waals surface area contributed by atoms with E-state index in [9.17, 15) is 13.2 Å². The molecule has 19 heavy (non-hydrogen) atoms. The molecule has 0 aliphatic carbocycles. The van der Waals surface area contributed by atoms with Gasteiger partial charge in [0.25, 0.3) is 0 Å². The van der Waals surface area contributed by atoms with Gasteiger partial charge in [-0.15, -0.1) is 0 Å². The lowest BCUT2D eigenvalue weighted by Gasteiger charge is -2.16. The Bertz CT molecular complexity index is 524. The third-order valence-electron chi connectivity index (χ3n) is 3.03. The lowest BCUT2D eigenvalue weighted by atomic mass is 10.2. The van der Waals surface area contributed by atoms with Gasteiger partial charge in [0.05, 0.1) is 17.8 Å². The van der Waals surface area contributed by atoms with Gasteiger partial charge in [-0.25, -0.2) is 13.2 Å². The minimum Gasteiger partial charge on any atom is -0.469 e. The summed E-state index contributed by atoms with van der Waals surface area (Å²) in [5, 5.41) is 5.45. The molecule has 6 nitrogen and oxygen atoms in total. The van der Waals surface area contributed by atoms with E-state index in [1.54, 1.807) is 12.3 Å². The van der Waals surface area contributed by atoms with Crippen LogP contribution in [0.2, 0.25) is 0 Å². The Kier molecular flexibility index (Phi) is 4.14. The minimum atomic E-state index is -2.97. The highest BCUT2D eigenvalue weighted by atomic mass is 32.2. The van der Waals surface area contributed by atoms with Crippen molar-refractivity contribution in [2.75, 3.05) is 11.5 Å². The normalized spacial score (nSPS) is 22.9. The summed E-state index contributed by atoms with van der Waals surface area (Å²) in [5.41, 5.74) is 0. The molecule has 0 radical (unpaired) electrons. The number of furan rings is 1. The molecule has 2 rings (SSSR count). The van der Waals surface area contributed by atoms with Crippen LogP contribution in [0.1, 0.15) is 19.1 Å². The van der Waals surface area contributed by atoms with Crippen LogP contribution >= 0.6 is 0 Å². The van der Waals surface area contributed by atoms with Crippen molar-refractivity contribution < 1.29 is 17.6 Å². The van der Waals surface area contributed by atoms with Gasteiger partial charge in [0.1, 0.15) is 5.76 Å². The number of hydrogen-bond donors (Lipinski definition) is 2. The van der Waals surface area contributed by atoms with Crippen molar-refractivity contribution in [1.82, 2.24) is 10.6 Å². The lowest BCUT2D eigenvalue weighted by molar-refractivity contribution is 0.234. The third kappa shape index (κ3) is 4.27. The highest BCUT2D eigenvalue weighted by molar-refractivity contribution is 7.91. The molecule has 2 amide bonds. The molecule has 1 aliphatic rings. The van der Waals surface area contributed by atoms with Gasteiger partial charge in [-0.05, 0) is 25.5 Å². The Morgan fingerprint density at radius 1 is 1.58 bits per heavy atom. The minimum absolute atomic E-state index is 0.0347. The zero-order valence-electron chi connectivity index (χ0n) is 10.8. The third-order valence-corrected chi connectivity index (χ3v) is 4.80. The van der Waals surface area contributed by atoms with Gasteiger partial charge < -0.3 is 15.1 Å². The van der Waals surface area contributed by atoms with Gasteiger partial charge >= 0.3 is 6.03 Å². The van der Waals surface area contributed by atoms with Gasteiger partial charge in [0.15, 0.2) is 9.84 Å². The molecular formula is C12H18N2O4S. The summed E-state index contributed by atoms with van der Waals surface area (Å²) in [7, 11) is -2.97. The second-order valence-corrected chi connectivity index (χ2v) is 7.13. The first-order valence-electron chi connectivity index (χ1n) is 6.24. The summed E-state index contributed by atoms with van der Waals surface area (Å²) >= 11 is 0. The predicted octanol–water partition coefficient (Wildman–Crippen LogP) is 0.697. The summed E-state index contributed by atoms with van der Waals surface area (Å²) in [4.78, 5) is 11.7. The molecule has 1 aliphatic heterocycles. The monoisotopic (exact) mass is 286 g/mol. The lowest BCUT2D eigenvalue weighted by Crippen LogP contribution is -2.46. The maximum absolute atomic E-state index is 11.7. The summed E-state index contributed by atoms with van der Waals surface area (Å²) in [6.45, 7) is 1.87. The molecule has 0 aromatic carbocycles. The average molecular weight is 286 g/mol. The number of amides is 2. The van der Waals surface area contributed by atoms with Crippen LogP contribution in [0, 0.1) is 0 Å². The Morgan fingerprint density at radius 2 is 2.37 bits per heavy atom. The second kappa shape index (κ2) is 5.64. The van der Waals surface area contributed by atoms with E-state index in [1.807, 2.05) is 13.0 Å². The first-order chi connectivity index (χ1) is 8.94. The Labute approximate surface area is 112 Å². The molecule has 1 aromatic heterocycles. The van der Waals surface area contributed by atoms with Gasteiger partial charge in [-0.3, -0.25) is 0 Å². The van der Waals surface area contributed by atoms with Crippen LogP contribution in [0.15, 0.2) is 22.8 Å². The SMILES string of the molecule is C[C@H](Cc1ccco1)NC(=O)N[C@@H]1CCS(=O)(=O)C1. The van der Waals surface area contributed by atoms with Gasteiger partial charge in [0, 0.05) is 18.5 Å². The molecule has 2 N–H and O–H groups in total. The first-order valence-corrected chi connectivity index (χ1v) is 8.06. The number of carbonyl (C=O) groups excluding carboxylic acids is 1. The fourth-order valence-electron chi connectivity index (χ4n) is 2.14. The number of nitrogens with one attached hydrogen (secondary N) is 2. The van der Waals surface area contributed by atoms with Gasteiger partial charge in [-0.1, -0.05) is 0 Å². The highest BCUT2D eigenvalue weighted by Crippen LogP contribution is 2.11. The van der Waals surface area contributed by atoms with Crippen LogP contribution in [0.4, 0.5) is 4.79 Å². The summed E-state index contributed by atoms with van der Waals surface area (Å²) in [6.07, 6.45) is 2.68. The molecule has 1 aromatic rings. The van der Waals surface area contributed by atoms with E-state index in [4.69, 9.17) is 4.42 Å². The topological polar surface area (TPSA) is 88.4 Å².